The fourth-order valence-electron chi connectivity index (χ4n) is 2.10. The third-order valence-corrected chi connectivity index (χ3v) is 4.66. The lowest BCUT2D eigenvalue weighted by atomic mass is 9.98. The van der Waals surface area contributed by atoms with Crippen molar-refractivity contribution in [1.82, 2.24) is 5.32 Å². The first-order chi connectivity index (χ1) is 9.58. The summed E-state index contributed by atoms with van der Waals surface area (Å²) in [6, 6.07) is 10.5. The highest BCUT2D eigenvalue weighted by atomic mass is 127. The fraction of sp³-hybridized carbons (Fsp3) is 0.200. The highest BCUT2D eigenvalue weighted by Gasteiger charge is 2.19. The number of benzene rings is 2. The molecule has 0 aliphatic carbocycles. The molecule has 0 aliphatic heterocycles. The van der Waals surface area contributed by atoms with E-state index in [1.807, 2.05) is 18.2 Å². The third-order valence-electron chi connectivity index (χ3n) is 3.09. The number of ether oxygens (including phenoxy) is 1. The minimum Gasteiger partial charge on any atom is -0.494 e. The highest BCUT2D eigenvalue weighted by molar-refractivity contribution is 14.1. The Labute approximate surface area is 136 Å². The summed E-state index contributed by atoms with van der Waals surface area (Å²) >= 11 is 8.31. The summed E-state index contributed by atoms with van der Waals surface area (Å²) in [4.78, 5) is 0. The van der Waals surface area contributed by atoms with E-state index in [-0.39, 0.29) is 17.6 Å². The summed E-state index contributed by atoms with van der Waals surface area (Å²) in [6.07, 6.45) is 0. The number of rotatable bonds is 4. The Balaban J connectivity index is 2.49. The van der Waals surface area contributed by atoms with Gasteiger partial charge in [-0.3, -0.25) is 0 Å². The molecule has 0 radical (unpaired) electrons. The van der Waals surface area contributed by atoms with Gasteiger partial charge in [0.1, 0.15) is 0 Å². The third kappa shape index (κ3) is 3.07. The zero-order chi connectivity index (χ0) is 14.7. The van der Waals surface area contributed by atoms with Crippen LogP contribution in [0, 0.1) is 9.39 Å². The van der Waals surface area contributed by atoms with E-state index in [1.165, 1.54) is 7.11 Å². The van der Waals surface area contributed by atoms with Crippen LogP contribution in [0.3, 0.4) is 0 Å². The maximum absolute atomic E-state index is 14.4. The van der Waals surface area contributed by atoms with Crippen molar-refractivity contribution in [2.24, 2.45) is 0 Å². The van der Waals surface area contributed by atoms with Gasteiger partial charge in [0.05, 0.1) is 18.2 Å². The summed E-state index contributed by atoms with van der Waals surface area (Å²) in [5.41, 5.74) is 1.44. The topological polar surface area (TPSA) is 21.3 Å². The predicted octanol–water partition coefficient (Wildman–Crippen LogP) is 4.40. The molecule has 5 heteroatoms. The second-order valence-electron chi connectivity index (χ2n) is 4.26. The van der Waals surface area contributed by atoms with Crippen molar-refractivity contribution in [3.8, 4) is 5.75 Å². The van der Waals surface area contributed by atoms with Crippen molar-refractivity contribution in [3.05, 3.63) is 61.9 Å². The second kappa shape index (κ2) is 6.74. The maximum Gasteiger partial charge on any atom is 0.170 e. The van der Waals surface area contributed by atoms with Gasteiger partial charge in [-0.15, -0.1) is 0 Å². The second-order valence-corrected chi connectivity index (χ2v) is 5.83. The van der Waals surface area contributed by atoms with Gasteiger partial charge in [0.2, 0.25) is 0 Å². The molecular weight excluding hydrogens is 392 g/mol. The van der Waals surface area contributed by atoms with Crippen molar-refractivity contribution in [1.29, 1.82) is 0 Å². The molecule has 20 heavy (non-hydrogen) atoms. The van der Waals surface area contributed by atoms with Crippen molar-refractivity contribution in [2.45, 2.75) is 6.04 Å². The molecule has 0 fully saturated rings. The molecular formula is C15H14ClFINO. The molecule has 1 unspecified atom stereocenters. The van der Waals surface area contributed by atoms with Crippen molar-refractivity contribution >= 4 is 34.2 Å². The van der Waals surface area contributed by atoms with E-state index in [0.29, 0.717) is 10.6 Å². The summed E-state index contributed by atoms with van der Waals surface area (Å²) in [6.45, 7) is 0. The van der Waals surface area contributed by atoms with Gasteiger partial charge in [-0.25, -0.2) is 4.39 Å². The molecule has 1 atom stereocenters. The normalized spacial score (nSPS) is 12.2. The average Bonchev–Trinajstić information content (AvgIpc) is 2.45. The van der Waals surface area contributed by atoms with Gasteiger partial charge in [0, 0.05) is 9.13 Å². The Morgan fingerprint density at radius 1 is 1.30 bits per heavy atom. The van der Waals surface area contributed by atoms with Crippen LogP contribution in [0.5, 0.6) is 5.75 Å². The van der Waals surface area contributed by atoms with Crippen LogP contribution in [-0.4, -0.2) is 14.2 Å². The van der Waals surface area contributed by atoms with Crippen molar-refractivity contribution in [3.63, 3.8) is 0 Å². The average molecular weight is 406 g/mol. The Bertz CT molecular complexity index is 621. The molecule has 0 aliphatic rings. The molecule has 0 bridgehead atoms. The van der Waals surface area contributed by atoms with Crippen LogP contribution in [0.4, 0.5) is 4.39 Å². The standard InChI is InChI=1S/C15H14ClFINO/c1-19-15(9-6-7-12(18)11(16)8-9)10-4-3-5-13(20-2)14(10)17/h3-8,15,19H,1-2H3. The van der Waals surface area contributed by atoms with E-state index >= 15 is 0 Å². The van der Waals surface area contributed by atoms with Crippen LogP contribution in [0.25, 0.3) is 0 Å². The Morgan fingerprint density at radius 2 is 2.05 bits per heavy atom. The first-order valence-electron chi connectivity index (χ1n) is 6.03. The van der Waals surface area contributed by atoms with E-state index in [1.54, 1.807) is 25.2 Å². The fourth-order valence-corrected chi connectivity index (χ4v) is 2.63. The number of halogens is 3. The molecule has 2 rings (SSSR count). The molecule has 2 aromatic rings. The number of methoxy groups -OCH3 is 1. The van der Waals surface area contributed by atoms with Crippen LogP contribution in [0.2, 0.25) is 5.02 Å². The lowest BCUT2D eigenvalue weighted by molar-refractivity contribution is 0.382. The maximum atomic E-state index is 14.4. The molecule has 2 nitrogen and oxygen atoms in total. The molecule has 1 N–H and O–H groups in total. The zero-order valence-corrected chi connectivity index (χ0v) is 14.0. The van der Waals surface area contributed by atoms with E-state index < -0.39 is 0 Å². The lowest BCUT2D eigenvalue weighted by Crippen LogP contribution is -2.19. The first kappa shape index (κ1) is 15.5. The van der Waals surface area contributed by atoms with E-state index in [2.05, 4.69) is 27.9 Å². The number of hydrogen-bond donors (Lipinski definition) is 1. The molecule has 2 aromatic carbocycles. The molecule has 0 aromatic heterocycles. The van der Waals surface area contributed by atoms with Crippen LogP contribution in [-0.2, 0) is 0 Å². The summed E-state index contributed by atoms with van der Waals surface area (Å²) in [7, 11) is 3.24. The Morgan fingerprint density at radius 3 is 2.65 bits per heavy atom. The smallest absolute Gasteiger partial charge is 0.170 e. The van der Waals surface area contributed by atoms with Crippen LogP contribution in [0.15, 0.2) is 36.4 Å². The molecule has 0 saturated carbocycles. The number of hydrogen-bond acceptors (Lipinski definition) is 2. The van der Waals surface area contributed by atoms with Crippen molar-refractivity contribution in [2.75, 3.05) is 14.2 Å². The van der Waals surface area contributed by atoms with Crippen LogP contribution in [0.1, 0.15) is 17.2 Å². The van der Waals surface area contributed by atoms with Gasteiger partial charge in [-0.1, -0.05) is 29.8 Å². The Hall–Kier alpha value is -0.850. The van der Waals surface area contributed by atoms with Crippen LogP contribution < -0.4 is 10.1 Å². The minimum atomic E-state index is -0.357. The summed E-state index contributed by atoms with van der Waals surface area (Å²) < 4.78 is 20.4. The van der Waals surface area contributed by atoms with Gasteiger partial charge in [-0.2, -0.15) is 0 Å². The molecule has 0 heterocycles. The summed E-state index contributed by atoms with van der Waals surface area (Å²) in [5.74, 6) is -0.122. The molecule has 0 amide bonds. The van der Waals surface area contributed by atoms with Gasteiger partial charge in [0.15, 0.2) is 11.6 Å². The molecule has 0 spiro atoms. The van der Waals surface area contributed by atoms with Gasteiger partial charge in [-0.05, 0) is 53.4 Å². The minimum absolute atomic E-state index is 0.236. The zero-order valence-electron chi connectivity index (χ0n) is 11.1. The van der Waals surface area contributed by atoms with E-state index in [9.17, 15) is 4.39 Å². The predicted molar refractivity (Wildman–Crippen MR) is 88.0 cm³/mol. The molecule has 106 valence electrons. The van der Waals surface area contributed by atoms with Gasteiger partial charge in [0.25, 0.3) is 0 Å². The van der Waals surface area contributed by atoms with Gasteiger partial charge >= 0.3 is 0 Å². The lowest BCUT2D eigenvalue weighted by Gasteiger charge is -2.19. The SMILES string of the molecule is CNC(c1ccc(I)c(Cl)c1)c1cccc(OC)c1F. The van der Waals surface area contributed by atoms with Crippen molar-refractivity contribution < 1.29 is 9.13 Å². The largest absolute Gasteiger partial charge is 0.494 e. The summed E-state index contributed by atoms with van der Waals surface area (Å²) in [5, 5.41) is 3.78. The monoisotopic (exact) mass is 405 g/mol. The Kier molecular flexibility index (Phi) is 5.23. The van der Waals surface area contributed by atoms with Gasteiger partial charge < -0.3 is 10.1 Å². The first-order valence-corrected chi connectivity index (χ1v) is 7.48. The highest BCUT2D eigenvalue weighted by Crippen LogP contribution is 2.31. The number of nitrogens with one attached hydrogen (secondary N) is 1. The molecule has 0 saturated heterocycles. The van der Waals surface area contributed by atoms with E-state index in [0.717, 1.165) is 9.13 Å². The van der Waals surface area contributed by atoms with E-state index in [4.69, 9.17) is 16.3 Å². The quantitative estimate of drug-likeness (QED) is 0.761. The van der Waals surface area contributed by atoms with Crippen LogP contribution >= 0.6 is 34.2 Å².